The van der Waals surface area contributed by atoms with E-state index in [1.165, 1.54) is 0 Å². The quantitative estimate of drug-likeness (QED) is 0.737. The SMILES string of the molecule is COCCOc1cccc(Cl)c1CNCC(C)C. The van der Waals surface area contributed by atoms with Crippen molar-refractivity contribution in [2.24, 2.45) is 5.92 Å². The molecule has 1 N–H and O–H groups in total. The van der Waals surface area contributed by atoms with Crippen LogP contribution in [0, 0.1) is 5.92 Å². The van der Waals surface area contributed by atoms with E-state index >= 15 is 0 Å². The van der Waals surface area contributed by atoms with Crippen LogP contribution in [0.25, 0.3) is 0 Å². The van der Waals surface area contributed by atoms with Crippen LogP contribution >= 0.6 is 11.6 Å². The molecule has 0 bridgehead atoms. The van der Waals surface area contributed by atoms with Gasteiger partial charge in [0.25, 0.3) is 0 Å². The van der Waals surface area contributed by atoms with Crippen molar-refractivity contribution in [2.75, 3.05) is 26.9 Å². The number of halogens is 1. The Morgan fingerprint density at radius 2 is 2.06 bits per heavy atom. The van der Waals surface area contributed by atoms with E-state index in [1.54, 1.807) is 7.11 Å². The average Bonchev–Trinajstić information content (AvgIpc) is 2.32. The zero-order chi connectivity index (χ0) is 13.4. The third-order valence-corrected chi connectivity index (χ3v) is 2.83. The Kier molecular flexibility index (Phi) is 7.09. The maximum absolute atomic E-state index is 6.21. The van der Waals surface area contributed by atoms with Crippen molar-refractivity contribution in [1.82, 2.24) is 5.32 Å². The van der Waals surface area contributed by atoms with Gasteiger partial charge in [-0.1, -0.05) is 31.5 Å². The summed E-state index contributed by atoms with van der Waals surface area (Å²) in [5.41, 5.74) is 1.01. The smallest absolute Gasteiger partial charge is 0.125 e. The number of hydrogen-bond donors (Lipinski definition) is 1. The molecule has 0 aliphatic heterocycles. The van der Waals surface area contributed by atoms with Crippen LogP contribution in [0.3, 0.4) is 0 Å². The van der Waals surface area contributed by atoms with Crippen molar-refractivity contribution in [3.63, 3.8) is 0 Å². The minimum atomic E-state index is 0.536. The molecular weight excluding hydrogens is 250 g/mol. The second-order valence-electron chi connectivity index (χ2n) is 4.58. The number of benzene rings is 1. The van der Waals surface area contributed by atoms with Crippen molar-refractivity contribution in [1.29, 1.82) is 0 Å². The van der Waals surface area contributed by atoms with E-state index < -0.39 is 0 Å². The van der Waals surface area contributed by atoms with Crippen molar-refractivity contribution < 1.29 is 9.47 Å². The second-order valence-corrected chi connectivity index (χ2v) is 4.99. The number of hydrogen-bond acceptors (Lipinski definition) is 3. The van der Waals surface area contributed by atoms with E-state index in [2.05, 4.69) is 19.2 Å². The molecule has 0 amide bonds. The van der Waals surface area contributed by atoms with Gasteiger partial charge in [-0.15, -0.1) is 0 Å². The molecule has 3 nitrogen and oxygen atoms in total. The lowest BCUT2D eigenvalue weighted by molar-refractivity contribution is 0.145. The predicted molar refractivity (Wildman–Crippen MR) is 75.4 cm³/mol. The summed E-state index contributed by atoms with van der Waals surface area (Å²) in [4.78, 5) is 0. The molecule has 0 atom stereocenters. The lowest BCUT2D eigenvalue weighted by Gasteiger charge is -2.14. The van der Waals surface area contributed by atoms with Gasteiger partial charge in [0.05, 0.1) is 6.61 Å². The highest BCUT2D eigenvalue weighted by Crippen LogP contribution is 2.26. The first-order chi connectivity index (χ1) is 8.65. The molecule has 0 aliphatic carbocycles. The molecule has 0 heterocycles. The minimum Gasteiger partial charge on any atom is -0.491 e. The third-order valence-electron chi connectivity index (χ3n) is 2.48. The molecular formula is C14H22ClNO2. The van der Waals surface area contributed by atoms with Crippen molar-refractivity contribution in [3.05, 3.63) is 28.8 Å². The van der Waals surface area contributed by atoms with Gasteiger partial charge in [-0.2, -0.15) is 0 Å². The van der Waals surface area contributed by atoms with Crippen LogP contribution in [0.15, 0.2) is 18.2 Å². The highest BCUT2D eigenvalue weighted by atomic mass is 35.5. The zero-order valence-corrected chi connectivity index (χ0v) is 12.1. The summed E-state index contributed by atoms with van der Waals surface area (Å²) < 4.78 is 10.6. The molecule has 0 saturated carbocycles. The molecule has 0 fully saturated rings. The Morgan fingerprint density at radius 1 is 1.28 bits per heavy atom. The minimum absolute atomic E-state index is 0.536. The van der Waals surface area contributed by atoms with Gasteiger partial charge < -0.3 is 14.8 Å². The van der Waals surface area contributed by atoms with Gasteiger partial charge in [-0.25, -0.2) is 0 Å². The summed E-state index contributed by atoms with van der Waals surface area (Å²) in [5.74, 6) is 1.45. The number of ether oxygens (including phenoxy) is 2. The van der Waals surface area contributed by atoms with Crippen LogP contribution in [-0.4, -0.2) is 26.9 Å². The summed E-state index contributed by atoms with van der Waals surface area (Å²) in [6, 6.07) is 5.72. The summed E-state index contributed by atoms with van der Waals surface area (Å²) >= 11 is 6.21. The van der Waals surface area contributed by atoms with Crippen LogP contribution in [0.4, 0.5) is 0 Å². The summed E-state index contributed by atoms with van der Waals surface area (Å²) in [7, 11) is 1.66. The first-order valence-corrected chi connectivity index (χ1v) is 6.62. The standard InChI is InChI=1S/C14H22ClNO2/c1-11(2)9-16-10-12-13(15)5-4-6-14(12)18-8-7-17-3/h4-6,11,16H,7-10H2,1-3H3. The van der Waals surface area contributed by atoms with Crippen molar-refractivity contribution in [2.45, 2.75) is 20.4 Å². The Bertz CT molecular complexity index is 356. The van der Waals surface area contributed by atoms with Crippen molar-refractivity contribution in [3.8, 4) is 5.75 Å². The van der Waals surface area contributed by atoms with Crippen LogP contribution in [-0.2, 0) is 11.3 Å². The Labute approximate surface area is 114 Å². The topological polar surface area (TPSA) is 30.5 Å². The molecule has 1 rings (SSSR count). The van der Waals surface area contributed by atoms with Gasteiger partial charge in [0.1, 0.15) is 12.4 Å². The Balaban J connectivity index is 2.61. The molecule has 4 heteroatoms. The normalized spacial score (nSPS) is 10.9. The Morgan fingerprint density at radius 3 is 2.72 bits per heavy atom. The molecule has 0 radical (unpaired) electrons. The average molecular weight is 272 g/mol. The van der Waals surface area contributed by atoms with Gasteiger partial charge in [0.15, 0.2) is 0 Å². The third kappa shape index (κ3) is 5.25. The summed E-state index contributed by atoms with van der Waals surface area (Å²) in [5, 5.41) is 4.11. The lowest BCUT2D eigenvalue weighted by Crippen LogP contribution is -2.20. The van der Waals surface area contributed by atoms with Crippen LogP contribution in [0.5, 0.6) is 5.75 Å². The summed E-state index contributed by atoms with van der Waals surface area (Å²) in [6.07, 6.45) is 0. The molecule has 102 valence electrons. The fourth-order valence-corrected chi connectivity index (χ4v) is 1.80. The van der Waals surface area contributed by atoms with E-state index in [4.69, 9.17) is 21.1 Å². The monoisotopic (exact) mass is 271 g/mol. The highest BCUT2D eigenvalue weighted by Gasteiger charge is 2.08. The van der Waals surface area contributed by atoms with Crippen molar-refractivity contribution >= 4 is 11.6 Å². The highest BCUT2D eigenvalue weighted by molar-refractivity contribution is 6.31. The zero-order valence-electron chi connectivity index (χ0n) is 11.3. The first-order valence-electron chi connectivity index (χ1n) is 6.25. The van der Waals surface area contributed by atoms with E-state index in [0.717, 1.165) is 29.4 Å². The van der Waals surface area contributed by atoms with E-state index in [0.29, 0.717) is 19.1 Å². The molecule has 0 spiro atoms. The van der Waals surface area contributed by atoms with Gasteiger partial charge >= 0.3 is 0 Å². The van der Waals surface area contributed by atoms with Gasteiger partial charge in [0.2, 0.25) is 0 Å². The first kappa shape index (κ1) is 15.3. The fraction of sp³-hybridized carbons (Fsp3) is 0.571. The molecule has 0 aliphatic rings. The largest absolute Gasteiger partial charge is 0.491 e. The lowest BCUT2D eigenvalue weighted by atomic mass is 10.1. The second kappa shape index (κ2) is 8.35. The molecule has 1 aromatic carbocycles. The van der Waals surface area contributed by atoms with Crippen LogP contribution < -0.4 is 10.1 Å². The maximum atomic E-state index is 6.21. The summed E-state index contributed by atoms with van der Waals surface area (Å²) in [6.45, 7) is 7.15. The van der Waals surface area contributed by atoms with E-state index in [9.17, 15) is 0 Å². The molecule has 18 heavy (non-hydrogen) atoms. The molecule has 0 aromatic heterocycles. The van der Waals surface area contributed by atoms with E-state index in [-0.39, 0.29) is 0 Å². The van der Waals surface area contributed by atoms with E-state index in [1.807, 2.05) is 18.2 Å². The number of methoxy groups -OCH3 is 1. The maximum Gasteiger partial charge on any atom is 0.125 e. The molecule has 1 aromatic rings. The number of nitrogens with one attached hydrogen (secondary N) is 1. The van der Waals surface area contributed by atoms with Gasteiger partial charge in [0, 0.05) is 24.2 Å². The van der Waals surface area contributed by atoms with Gasteiger partial charge in [-0.3, -0.25) is 0 Å². The van der Waals surface area contributed by atoms with Gasteiger partial charge in [-0.05, 0) is 24.6 Å². The van der Waals surface area contributed by atoms with Crippen LogP contribution in [0.2, 0.25) is 5.02 Å². The fourth-order valence-electron chi connectivity index (χ4n) is 1.57. The molecule has 0 saturated heterocycles. The van der Waals surface area contributed by atoms with Crippen LogP contribution in [0.1, 0.15) is 19.4 Å². The predicted octanol–water partition coefficient (Wildman–Crippen LogP) is 3.11. The Hall–Kier alpha value is -0.770. The number of rotatable bonds is 8. The molecule has 0 unspecified atom stereocenters.